The summed E-state index contributed by atoms with van der Waals surface area (Å²) < 4.78 is 19.8. The number of aromatic nitrogens is 3. The molecule has 2 heterocycles. The van der Waals surface area contributed by atoms with Crippen LogP contribution in [0.3, 0.4) is 0 Å². The number of methoxy groups -OCH3 is 1. The van der Waals surface area contributed by atoms with Crippen molar-refractivity contribution in [2.45, 2.75) is 19.9 Å². The Hall–Kier alpha value is -2.32. The van der Waals surface area contributed by atoms with Gasteiger partial charge in [0, 0.05) is 39.3 Å². The van der Waals surface area contributed by atoms with Gasteiger partial charge in [-0.3, -0.25) is 9.69 Å². The van der Waals surface area contributed by atoms with E-state index < -0.39 is 0 Å². The molecular weight excluding hydrogens is 337 g/mol. The summed E-state index contributed by atoms with van der Waals surface area (Å²) >= 11 is 0. The molecule has 1 aromatic heterocycles. The minimum absolute atomic E-state index is 0.117. The van der Waals surface area contributed by atoms with E-state index in [4.69, 9.17) is 4.74 Å². The van der Waals surface area contributed by atoms with Gasteiger partial charge in [0.25, 0.3) is 5.91 Å². The summed E-state index contributed by atoms with van der Waals surface area (Å²) in [6.07, 6.45) is 0. The Kier molecular flexibility index (Phi) is 5.63. The van der Waals surface area contributed by atoms with E-state index in [0.29, 0.717) is 36.8 Å². The molecule has 2 aromatic rings. The Morgan fingerprint density at radius 3 is 2.69 bits per heavy atom. The molecule has 1 fully saturated rings. The van der Waals surface area contributed by atoms with Gasteiger partial charge in [0.1, 0.15) is 5.82 Å². The number of benzene rings is 1. The molecule has 1 unspecified atom stereocenters. The minimum Gasteiger partial charge on any atom is -0.383 e. The molecular formula is C18H24FN5O2. The van der Waals surface area contributed by atoms with Gasteiger partial charge in [-0.15, -0.1) is 5.10 Å². The largest absolute Gasteiger partial charge is 0.383 e. The molecule has 1 aliphatic rings. The van der Waals surface area contributed by atoms with E-state index in [1.807, 2.05) is 4.90 Å². The monoisotopic (exact) mass is 361 g/mol. The fourth-order valence-corrected chi connectivity index (χ4v) is 3.22. The number of amides is 1. The summed E-state index contributed by atoms with van der Waals surface area (Å²) in [6.45, 7) is 7.55. The van der Waals surface area contributed by atoms with E-state index in [1.54, 1.807) is 30.8 Å². The molecule has 1 atom stereocenters. The SMILES string of the molecule is COCCN1CCN(C(=O)c2nnn(-c3ccc(F)cc3)c2C)CC1C. The van der Waals surface area contributed by atoms with E-state index in [9.17, 15) is 9.18 Å². The van der Waals surface area contributed by atoms with Gasteiger partial charge < -0.3 is 9.64 Å². The first-order valence-corrected chi connectivity index (χ1v) is 8.71. The Morgan fingerprint density at radius 1 is 1.31 bits per heavy atom. The average Bonchev–Trinajstić information content (AvgIpc) is 3.02. The smallest absolute Gasteiger partial charge is 0.276 e. The van der Waals surface area contributed by atoms with Gasteiger partial charge in [-0.05, 0) is 38.1 Å². The highest BCUT2D eigenvalue weighted by Gasteiger charge is 2.29. The fourth-order valence-electron chi connectivity index (χ4n) is 3.22. The molecule has 1 saturated heterocycles. The summed E-state index contributed by atoms with van der Waals surface area (Å²) in [5, 5.41) is 8.15. The number of piperazine rings is 1. The van der Waals surface area contributed by atoms with Crippen molar-refractivity contribution in [2.24, 2.45) is 0 Å². The Morgan fingerprint density at radius 2 is 2.04 bits per heavy atom. The summed E-state index contributed by atoms with van der Waals surface area (Å²) in [5.41, 5.74) is 1.66. The number of halogens is 1. The van der Waals surface area contributed by atoms with Crippen LogP contribution in [0.1, 0.15) is 23.1 Å². The highest BCUT2D eigenvalue weighted by atomic mass is 19.1. The molecule has 0 spiro atoms. The van der Waals surface area contributed by atoms with Crippen LogP contribution in [0, 0.1) is 12.7 Å². The molecule has 1 aliphatic heterocycles. The number of ether oxygens (including phenoxy) is 1. The van der Waals surface area contributed by atoms with Gasteiger partial charge in [-0.2, -0.15) is 0 Å². The quantitative estimate of drug-likeness (QED) is 0.808. The first-order chi connectivity index (χ1) is 12.5. The molecule has 26 heavy (non-hydrogen) atoms. The molecule has 1 aromatic carbocycles. The maximum absolute atomic E-state index is 13.1. The number of carbonyl (C=O) groups is 1. The topological polar surface area (TPSA) is 63.5 Å². The predicted molar refractivity (Wildman–Crippen MR) is 94.9 cm³/mol. The van der Waals surface area contributed by atoms with Crippen molar-refractivity contribution in [3.8, 4) is 5.69 Å². The van der Waals surface area contributed by atoms with Crippen LogP contribution in [0.15, 0.2) is 24.3 Å². The summed E-state index contributed by atoms with van der Waals surface area (Å²) in [7, 11) is 1.69. The Bertz CT molecular complexity index is 761. The van der Waals surface area contributed by atoms with Gasteiger partial charge in [0.05, 0.1) is 18.0 Å². The van der Waals surface area contributed by atoms with Crippen LogP contribution in [-0.4, -0.2) is 76.6 Å². The molecule has 0 aliphatic carbocycles. The van der Waals surface area contributed by atoms with Gasteiger partial charge in [-0.25, -0.2) is 9.07 Å². The van der Waals surface area contributed by atoms with Crippen LogP contribution in [-0.2, 0) is 4.74 Å². The van der Waals surface area contributed by atoms with Crippen molar-refractivity contribution in [2.75, 3.05) is 39.9 Å². The van der Waals surface area contributed by atoms with Gasteiger partial charge in [0.15, 0.2) is 5.69 Å². The van der Waals surface area contributed by atoms with Crippen LogP contribution >= 0.6 is 0 Å². The van der Waals surface area contributed by atoms with Crippen LogP contribution in [0.25, 0.3) is 5.69 Å². The summed E-state index contributed by atoms with van der Waals surface area (Å²) in [4.78, 5) is 17.0. The van der Waals surface area contributed by atoms with Crippen LogP contribution in [0.2, 0.25) is 0 Å². The molecule has 0 radical (unpaired) electrons. The third-order valence-electron chi connectivity index (χ3n) is 4.80. The first kappa shape index (κ1) is 18.5. The molecule has 0 N–H and O–H groups in total. The summed E-state index contributed by atoms with van der Waals surface area (Å²) in [5.74, 6) is -0.433. The molecule has 0 bridgehead atoms. The molecule has 140 valence electrons. The molecule has 0 saturated carbocycles. The number of hydrogen-bond donors (Lipinski definition) is 0. The maximum atomic E-state index is 13.1. The van der Waals surface area contributed by atoms with Crippen LogP contribution in [0.5, 0.6) is 0 Å². The fraction of sp³-hybridized carbons (Fsp3) is 0.500. The third kappa shape index (κ3) is 3.76. The normalized spacial score (nSPS) is 18.3. The third-order valence-corrected chi connectivity index (χ3v) is 4.80. The second kappa shape index (κ2) is 7.92. The molecule has 8 heteroatoms. The van der Waals surface area contributed by atoms with E-state index in [1.165, 1.54) is 12.1 Å². The Balaban J connectivity index is 1.72. The molecule has 3 rings (SSSR count). The van der Waals surface area contributed by atoms with E-state index >= 15 is 0 Å². The van der Waals surface area contributed by atoms with E-state index in [0.717, 1.165) is 13.1 Å². The zero-order valence-corrected chi connectivity index (χ0v) is 15.4. The van der Waals surface area contributed by atoms with Crippen molar-refractivity contribution < 1.29 is 13.9 Å². The lowest BCUT2D eigenvalue weighted by Crippen LogP contribution is -2.54. The van der Waals surface area contributed by atoms with Crippen molar-refractivity contribution in [3.05, 3.63) is 41.5 Å². The number of nitrogens with zero attached hydrogens (tertiary/aromatic N) is 5. The Labute approximate surface area is 152 Å². The molecule has 7 nitrogen and oxygen atoms in total. The lowest BCUT2D eigenvalue weighted by Gasteiger charge is -2.39. The van der Waals surface area contributed by atoms with Crippen molar-refractivity contribution >= 4 is 5.91 Å². The summed E-state index contributed by atoms with van der Waals surface area (Å²) in [6, 6.07) is 6.21. The second-order valence-corrected chi connectivity index (χ2v) is 6.54. The van der Waals surface area contributed by atoms with Crippen LogP contribution in [0.4, 0.5) is 4.39 Å². The lowest BCUT2D eigenvalue weighted by atomic mass is 10.1. The number of rotatable bonds is 5. The predicted octanol–water partition coefficient (Wildman–Crippen LogP) is 1.51. The van der Waals surface area contributed by atoms with Crippen molar-refractivity contribution in [1.29, 1.82) is 0 Å². The van der Waals surface area contributed by atoms with Gasteiger partial charge >= 0.3 is 0 Å². The van der Waals surface area contributed by atoms with Crippen LogP contribution < -0.4 is 0 Å². The zero-order valence-electron chi connectivity index (χ0n) is 15.4. The van der Waals surface area contributed by atoms with Crippen molar-refractivity contribution in [3.63, 3.8) is 0 Å². The average molecular weight is 361 g/mol. The second-order valence-electron chi connectivity index (χ2n) is 6.54. The number of hydrogen-bond acceptors (Lipinski definition) is 5. The highest BCUT2D eigenvalue weighted by molar-refractivity contribution is 5.93. The zero-order chi connectivity index (χ0) is 18.7. The number of carbonyl (C=O) groups excluding carboxylic acids is 1. The molecule has 1 amide bonds. The van der Waals surface area contributed by atoms with Gasteiger partial charge in [0.2, 0.25) is 0 Å². The van der Waals surface area contributed by atoms with E-state index in [-0.39, 0.29) is 17.8 Å². The maximum Gasteiger partial charge on any atom is 0.276 e. The standard InChI is InChI=1S/C18H24FN5O2/c1-13-12-23(9-8-22(13)10-11-26-3)18(25)17-14(2)24(21-20-17)16-6-4-15(19)5-7-16/h4-7,13H,8-12H2,1-3H3. The van der Waals surface area contributed by atoms with Crippen molar-refractivity contribution in [1.82, 2.24) is 24.8 Å². The highest BCUT2D eigenvalue weighted by Crippen LogP contribution is 2.17. The first-order valence-electron chi connectivity index (χ1n) is 8.71. The van der Waals surface area contributed by atoms with E-state index in [2.05, 4.69) is 22.1 Å². The van der Waals surface area contributed by atoms with Gasteiger partial charge in [-0.1, -0.05) is 5.21 Å². The minimum atomic E-state index is -0.317. The lowest BCUT2D eigenvalue weighted by molar-refractivity contribution is 0.0429.